The number of likely N-dealkylation sites (N-methyl/N-ethyl adjacent to an activating group) is 1. The van der Waals surface area contributed by atoms with Crippen LogP contribution in [0.5, 0.6) is 11.5 Å². The number of esters is 1. The summed E-state index contributed by atoms with van der Waals surface area (Å²) in [5.74, 6) is 0.479. The highest BCUT2D eigenvalue weighted by Gasteiger charge is 2.15. The molecular weight excluding hydrogens is 346 g/mol. The summed E-state index contributed by atoms with van der Waals surface area (Å²) in [7, 11) is 0. The van der Waals surface area contributed by atoms with Crippen LogP contribution in [0.1, 0.15) is 12.5 Å². The molecule has 0 aliphatic carbocycles. The van der Waals surface area contributed by atoms with E-state index in [-0.39, 0.29) is 12.5 Å². The Morgan fingerprint density at radius 1 is 1.07 bits per heavy atom. The summed E-state index contributed by atoms with van der Waals surface area (Å²) in [6.45, 7) is 3.08. The van der Waals surface area contributed by atoms with Crippen molar-refractivity contribution < 1.29 is 23.8 Å². The first-order valence-electron chi connectivity index (χ1n) is 8.77. The Balaban J connectivity index is 1.54. The first-order chi connectivity index (χ1) is 13.2. The Kier molecular flexibility index (Phi) is 6.10. The van der Waals surface area contributed by atoms with Gasteiger partial charge >= 0.3 is 5.97 Å². The number of ether oxygens (including phenoxy) is 3. The van der Waals surface area contributed by atoms with Gasteiger partial charge in [-0.05, 0) is 42.8 Å². The number of benzene rings is 2. The Hall–Kier alpha value is -3.28. The molecular formula is C21H21NO5. The number of para-hydroxylation sites is 1. The lowest BCUT2D eigenvalue weighted by molar-refractivity contribution is -0.142. The molecule has 0 spiro atoms. The smallest absolute Gasteiger partial charge is 0.331 e. The van der Waals surface area contributed by atoms with Gasteiger partial charge in [0.25, 0.3) is 5.91 Å². The third kappa shape index (κ3) is 4.88. The summed E-state index contributed by atoms with van der Waals surface area (Å²) in [5, 5.41) is 0. The third-order valence-corrected chi connectivity index (χ3v) is 4.00. The minimum Gasteiger partial charge on any atom is -0.486 e. The largest absolute Gasteiger partial charge is 0.486 e. The average molecular weight is 367 g/mol. The van der Waals surface area contributed by atoms with Gasteiger partial charge in [-0.3, -0.25) is 4.79 Å². The average Bonchev–Trinajstić information content (AvgIpc) is 2.72. The van der Waals surface area contributed by atoms with E-state index < -0.39 is 5.97 Å². The molecule has 3 rings (SSSR count). The van der Waals surface area contributed by atoms with Crippen molar-refractivity contribution in [3.05, 3.63) is 60.2 Å². The summed E-state index contributed by atoms with van der Waals surface area (Å²) in [5.41, 5.74) is 1.55. The second-order valence-electron chi connectivity index (χ2n) is 5.82. The van der Waals surface area contributed by atoms with Crippen LogP contribution in [0, 0.1) is 0 Å². The molecule has 1 heterocycles. The lowest BCUT2D eigenvalue weighted by Crippen LogP contribution is -2.34. The number of anilines is 1. The van der Waals surface area contributed by atoms with Gasteiger partial charge in [0.1, 0.15) is 13.2 Å². The zero-order chi connectivity index (χ0) is 19.1. The number of rotatable bonds is 6. The highest BCUT2D eigenvalue weighted by Crippen LogP contribution is 2.31. The Labute approximate surface area is 158 Å². The molecule has 0 atom stereocenters. The molecule has 0 unspecified atom stereocenters. The standard InChI is InChI=1S/C21H21NO5/c1-2-22(17-6-4-3-5-7-17)20(23)15-27-21(24)11-9-16-8-10-18-19(14-16)26-13-12-25-18/h3-11,14H,2,12-13,15H2,1H3/b11-9+. The molecule has 0 fully saturated rings. The van der Waals surface area contributed by atoms with Crippen LogP contribution >= 0.6 is 0 Å². The molecule has 0 aromatic heterocycles. The molecule has 0 saturated heterocycles. The number of carbonyl (C=O) groups is 2. The molecule has 0 N–H and O–H groups in total. The van der Waals surface area contributed by atoms with E-state index in [4.69, 9.17) is 14.2 Å². The maximum atomic E-state index is 12.3. The lowest BCUT2D eigenvalue weighted by atomic mass is 10.2. The van der Waals surface area contributed by atoms with E-state index in [1.807, 2.05) is 43.3 Å². The quantitative estimate of drug-likeness (QED) is 0.580. The topological polar surface area (TPSA) is 65.1 Å². The zero-order valence-corrected chi connectivity index (χ0v) is 15.1. The van der Waals surface area contributed by atoms with E-state index >= 15 is 0 Å². The first-order valence-corrected chi connectivity index (χ1v) is 8.77. The van der Waals surface area contributed by atoms with Crippen LogP contribution in [0.4, 0.5) is 5.69 Å². The minimum absolute atomic E-state index is 0.273. The van der Waals surface area contributed by atoms with Crippen LogP contribution in [0.3, 0.4) is 0 Å². The van der Waals surface area contributed by atoms with E-state index in [1.54, 1.807) is 23.1 Å². The van der Waals surface area contributed by atoms with Gasteiger partial charge in [-0.15, -0.1) is 0 Å². The Morgan fingerprint density at radius 3 is 2.56 bits per heavy atom. The molecule has 2 aromatic carbocycles. The second-order valence-corrected chi connectivity index (χ2v) is 5.82. The monoisotopic (exact) mass is 367 g/mol. The molecule has 1 aliphatic rings. The van der Waals surface area contributed by atoms with Crippen molar-refractivity contribution in [3.8, 4) is 11.5 Å². The molecule has 6 nitrogen and oxygen atoms in total. The van der Waals surface area contributed by atoms with Crippen molar-refractivity contribution in [2.45, 2.75) is 6.92 Å². The fourth-order valence-electron chi connectivity index (χ4n) is 2.70. The number of hydrogen-bond donors (Lipinski definition) is 0. The molecule has 0 saturated carbocycles. The molecule has 6 heteroatoms. The summed E-state index contributed by atoms with van der Waals surface area (Å²) >= 11 is 0. The van der Waals surface area contributed by atoms with Gasteiger partial charge in [-0.1, -0.05) is 24.3 Å². The lowest BCUT2D eigenvalue weighted by Gasteiger charge is -2.20. The number of carbonyl (C=O) groups excluding carboxylic acids is 2. The van der Waals surface area contributed by atoms with Crippen molar-refractivity contribution in [1.82, 2.24) is 0 Å². The van der Waals surface area contributed by atoms with E-state index in [0.29, 0.717) is 31.3 Å². The first kappa shape index (κ1) is 18.5. The summed E-state index contributed by atoms with van der Waals surface area (Å²) in [6, 6.07) is 14.7. The predicted octanol–water partition coefficient (Wildman–Crippen LogP) is 3.07. The third-order valence-electron chi connectivity index (χ3n) is 4.00. The maximum Gasteiger partial charge on any atom is 0.331 e. The van der Waals surface area contributed by atoms with Gasteiger partial charge < -0.3 is 19.1 Å². The SMILES string of the molecule is CCN(C(=O)COC(=O)/C=C/c1ccc2c(c1)OCCO2)c1ccccc1. The molecule has 27 heavy (non-hydrogen) atoms. The maximum absolute atomic E-state index is 12.3. The van der Waals surface area contributed by atoms with Gasteiger partial charge in [0, 0.05) is 18.3 Å². The minimum atomic E-state index is -0.581. The van der Waals surface area contributed by atoms with Crippen LogP contribution in [0.25, 0.3) is 6.08 Å². The Morgan fingerprint density at radius 2 is 1.81 bits per heavy atom. The molecule has 140 valence electrons. The number of nitrogens with zero attached hydrogens (tertiary/aromatic N) is 1. The van der Waals surface area contributed by atoms with Crippen LogP contribution in [0.2, 0.25) is 0 Å². The van der Waals surface area contributed by atoms with Crippen molar-refractivity contribution in [1.29, 1.82) is 0 Å². The van der Waals surface area contributed by atoms with Crippen molar-refractivity contribution in [2.24, 2.45) is 0 Å². The number of fused-ring (bicyclic) bond motifs is 1. The normalized spacial score (nSPS) is 12.6. The molecule has 0 bridgehead atoms. The van der Waals surface area contributed by atoms with E-state index in [2.05, 4.69) is 0 Å². The van der Waals surface area contributed by atoms with Crippen molar-refractivity contribution >= 4 is 23.6 Å². The summed E-state index contributed by atoms with van der Waals surface area (Å²) < 4.78 is 16.0. The second kappa shape index (κ2) is 8.89. The molecule has 0 radical (unpaired) electrons. The van der Waals surface area contributed by atoms with Gasteiger partial charge in [0.05, 0.1) is 0 Å². The molecule has 2 aromatic rings. The van der Waals surface area contributed by atoms with E-state index in [1.165, 1.54) is 6.08 Å². The fraction of sp³-hybridized carbons (Fsp3) is 0.238. The number of amides is 1. The predicted molar refractivity (Wildman–Crippen MR) is 102 cm³/mol. The molecule has 1 amide bonds. The van der Waals surface area contributed by atoms with Crippen molar-refractivity contribution in [2.75, 3.05) is 31.3 Å². The number of hydrogen-bond acceptors (Lipinski definition) is 5. The highest BCUT2D eigenvalue weighted by atomic mass is 16.6. The van der Waals surface area contributed by atoms with Crippen LogP contribution in [0.15, 0.2) is 54.6 Å². The van der Waals surface area contributed by atoms with Gasteiger partial charge in [0.2, 0.25) is 0 Å². The summed E-state index contributed by atoms with van der Waals surface area (Å²) in [4.78, 5) is 25.8. The van der Waals surface area contributed by atoms with Crippen molar-refractivity contribution in [3.63, 3.8) is 0 Å². The fourth-order valence-corrected chi connectivity index (χ4v) is 2.70. The summed E-state index contributed by atoms with van der Waals surface area (Å²) in [6.07, 6.45) is 2.90. The Bertz CT molecular complexity index is 832. The van der Waals surface area contributed by atoms with Crippen LogP contribution in [-0.2, 0) is 14.3 Å². The van der Waals surface area contributed by atoms with Gasteiger partial charge in [-0.25, -0.2) is 4.79 Å². The zero-order valence-electron chi connectivity index (χ0n) is 15.1. The van der Waals surface area contributed by atoms with Crippen LogP contribution in [-0.4, -0.2) is 38.2 Å². The van der Waals surface area contributed by atoms with E-state index in [9.17, 15) is 9.59 Å². The van der Waals surface area contributed by atoms with Gasteiger partial charge in [0.15, 0.2) is 18.1 Å². The van der Waals surface area contributed by atoms with Gasteiger partial charge in [-0.2, -0.15) is 0 Å². The van der Waals surface area contributed by atoms with Crippen LogP contribution < -0.4 is 14.4 Å². The molecule has 1 aliphatic heterocycles. The highest BCUT2D eigenvalue weighted by molar-refractivity contribution is 5.96. The van der Waals surface area contributed by atoms with E-state index in [0.717, 1.165) is 11.3 Å².